The van der Waals surface area contributed by atoms with Crippen LogP contribution < -0.4 is 0 Å². The average molecular weight is 316 g/mol. The molecule has 1 aliphatic heterocycles. The average Bonchev–Trinajstić information content (AvgIpc) is 2.83. The number of hydrogen-bond acceptors (Lipinski definition) is 2. The Balaban J connectivity index is 2.12. The number of rotatable bonds is 1. The molecular weight excluding hydrogens is 304 g/mol. The van der Waals surface area contributed by atoms with Gasteiger partial charge in [0.25, 0.3) is 0 Å². The van der Waals surface area contributed by atoms with E-state index in [1.165, 1.54) is 6.42 Å². The van der Waals surface area contributed by atoms with E-state index in [2.05, 4.69) is 32.4 Å². The van der Waals surface area contributed by atoms with Crippen molar-refractivity contribution in [2.24, 2.45) is 5.92 Å². The number of halogens is 2. The van der Waals surface area contributed by atoms with E-state index in [1.807, 2.05) is 12.1 Å². The lowest BCUT2D eigenvalue weighted by Crippen LogP contribution is -2.18. The van der Waals surface area contributed by atoms with Crippen molar-refractivity contribution in [3.8, 4) is 11.6 Å². The van der Waals surface area contributed by atoms with Gasteiger partial charge in [-0.25, -0.2) is 4.98 Å². The zero-order valence-electron chi connectivity index (χ0n) is 9.41. The molecule has 0 N–H and O–H groups in total. The van der Waals surface area contributed by atoms with Crippen molar-refractivity contribution in [1.29, 1.82) is 0 Å². The van der Waals surface area contributed by atoms with Crippen molar-refractivity contribution in [3.05, 3.63) is 27.6 Å². The molecule has 0 saturated heterocycles. The summed E-state index contributed by atoms with van der Waals surface area (Å²) in [5.74, 6) is 2.26. The summed E-state index contributed by atoms with van der Waals surface area (Å²) in [5.41, 5.74) is 1.13. The highest BCUT2D eigenvalue weighted by Gasteiger charge is 2.24. The molecule has 0 saturated carbocycles. The van der Waals surface area contributed by atoms with E-state index in [9.17, 15) is 0 Å². The fourth-order valence-corrected chi connectivity index (χ4v) is 2.88. The van der Waals surface area contributed by atoms with Gasteiger partial charge in [-0.1, -0.05) is 18.5 Å². The maximum atomic E-state index is 6.18. The molecule has 1 unspecified atom stereocenters. The first-order valence-electron chi connectivity index (χ1n) is 5.65. The second-order valence-corrected chi connectivity index (χ2v) is 5.67. The molecule has 0 spiro atoms. The normalized spacial score (nSPS) is 19.4. The third-order valence-corrected chi connectivity index (χ3v) is 3.91. The Bertz CT molecular complexity index is 561. The minimum absolute atomic E-state index is 0.611. The lowest BCUT2D eigenvalue weighted by Gasteiger charge is -2.21. The Kier molecular flexibility index (Phi) is 2.79. The highest BCUT2D eigenvalue weighted by atomic mass is 79.9. The SMILES string of the molecule is CC1CCc2c(Cl)nc(-c3ccc(Br)o3)n2C1. The van der Waals surface area contributed by atoms with Gasteiger partial charge in [0.2, 0.25) is 0 Å². The molecule has 17 heavy (non-hydrogen) atoms. The van der Waals surface area contributed by atoms with Crippen molar-refractivity contribution in [1.82, 2.24) is 9.55 Å². The number of hydrogen-bond donors (Lipinski definition) is 0. The summed E-state index contributed by atoms with van der Waals surface area (Å²) in [4.78, 5) is 4.42. The summed E-state index contributed by atoms with van der Waals surface area (Å²) in [6.07, 6.45) is 2.17. The first-order valence-corrected chi connectivity index (χ1v) is 6.83. The molecule has 5 heteroatoms. The Morgan fingerprint density at radius 1 is 1.53 bits per heavy atom. The largest absolute Gasteiger partial charge is 0.446 e. The lowest BCUT2D eigenvalue weighted by molar-refractivity contribution is 0.399. The molecule has 90 valence electrons. The van der Waals surface area contributed by atoms with Crippen LogP contribution in [0.2, 0.25) is 5.15 Å². The van der Waals surface area contributed by atoms with E-state index in [1.54, 1.807) is 0 Å². The van der Waals surface area contributed by atoms with Crippen molar-refractivity contribution in [2.45, 2.75) is 26.3 Å². The van der Waals surface area contributed by atoms with E-state index in [4.69, 9.17) is 16.0 Å². The van der Waals surface area contributed by atoms with Crippen molar-refractivity contribution >= 4 is 27.5 Å². The summed E-state index contributed by atoms with van der Waals surface area (Å²) in [5, 5.41) is 0.611. The van der Waals surface area contributed by atoms with Crippen LogP contribution in [0.1, 0.15) is 19.0 Å². The van der Waals surface area contributed by atoms with E-state index in [-0.39, 0.29) is 0 Å². The maximum absolute atomic E-state index is 6.18. The van der Waals surface area contributed by atoms with Crippen LogP contribution in [0.25, 0.3) is 11.6 Å². The molecule has 0 amide bonds. The summed E-state index contributed by atoms with van der Waals surface area (Å²) in [6, 6.07) is 3.78. The number of aromatic nitrogens is 2. The Morgan fingerprint density at radius 2 is 2.35 bits per heavy atom. The standard InChI is InChI=1S/C12H12BrClN2O/c1-7-2-3-8-11(14)15-12(16(8)6-7)9-4-5-10(13)17-9/h4-5,7H,2-3,6H2,1H3. The number of imidazole rings is 1. The van der Waals surface area contributed by atoms with Crippen LogP contribution in [0.3, 0.4) is 0 Å². The third kappa shape index (κ3) is 1.93. The smallest absolute Gasteiger partial charge is 0.177 e. The van der Waals surface area contributed by atoms with Gasteiger partial charge in [-0.05, 0) is 46.8 Å². The summed E-state index contributed by atoms with van der Waals surface area (Å²) < 4.78 is 8.45. The van der Waals surface area contributed by atoms with Gasteiger partial charge in [0.05, 0.1) is 5.69 Å². The van der Waals surface area contributed by atoms with Gasteiger partial charge < -0.3 is 8.98 Å². The van der Waals surface area contributed by atoms with Crippen LogP contribution >= 0.6 is 27.5 Å². The van der Waals surface area contributed by atoms with Gasteiger partial charge in [0.1, 0.15) is 0 Å². The van der Waals surface area contributed by atoms with E-state index < -0.39 is 0 Å². The Hall–Kier alpha value is -0.740. The Labute approximate surface area is 113 Å². The fourth-order valence-electron chi connectivity index (χ4n) is 2.30. The van der Waals surface area contributed by atoms with Gasteiger partial charge in [0.15, 0.2) is 21.4 Å². The topological polar surface area (TPSA) is 31.0 Å². The van der Waals surface area contributed by atoms with Crippen molar-refractivity contribution in [3.63, 3.8) is 0 Å². The van der Waals surface area contributed by atoms with Gasteiger partial charge in [-0.3, -0.25) is 0 Å². The van der Waals surface area contributed by atoms with E-state index in [0.717, 1.165) is 30.2 Å². The van der Waals surface area contributed by atoms with Gasteiger partial charge >= 0.3 is 0 Å². The molecule has 0 fully saturated rings. The quantitative estimate of drug-likeness (QED) is 0.792. The molecule has 3 rings (SSSR count). The summed E-state index contributed by atoms with van der Waals surface area (Å²) in [7, 11) is 0. The minimum atomic E-state index is 0.611. The predicted molar refractivity (Wildman–Crippen MR) is 70.1 cm³/mol. The second-order valence-electron chi connectivity index (χ2n) is 4.53. The number of nitrogens with zero attached hydrogens (tertiary/aromatic N) is 2. The van der Waals surface area contributed by atoms with Gasteiger partial charge in [-0.15, -0.1) is 0 Å². The molecule has 2 aromatic heterocycles. The van der Waals surface area contributed by atoms with Crippen LogP contribution in [0.15, 0.2) is 21.2 Å². The highest BCUT2D eigenvalue weighted by Crippen LogP contribution is 2.33. The second kappa shape index (κ2) is 4.18. The van der Waals surface area contributed by atoms with Gasteiger partial charge in [-0.2, -0.15) is 0 Å². The van der Waals surface area contributed by atoms with Crippen LogP contribution in [-0.2, 0) is 13.0 Å². The minimum Gasteiger partial charge on any atom is -0.446 e. The summed E-state index contributed by atoms with van der Waals surface area (Å²) >= 11 is 9.49. The monoisotopic (exact) mass is 314 g/mol. The predicted octanol–water partition coefficient (Wildman–Crippen LogP) is 4.14. The first-order chi connectivity index (χ1) is 8.15. The van der Waals surface area contributed by atoms with Crippen molar-refractivity contribution < 1.29 is 4.42 Å². The molecule has 3 nitrogen and oxygen atoms in total. The molecule has 1 atom stereocenters. The zero-order valence-corrected chi connectivity index (χ0v) is 11.8. The number of furan rings is 1. The lowest BCUT2D eigenvalue weighted by atomic mass is 10.0. The molecule has 0 aromatic carbocycles. The molecule has 2 aromatic rings. The maximum Gasteiger partial charge on any atom is 0.177 e. The molecule has 3 heterocycles. The van der Waals surface area contributed by atoms with Gasteiger partial charge in [0, 0.05) is 6.54 Å². The van der Waals surface area contributed by atoms with E-state index in [0.29, 0.717) is 15.7 Å². The van der Waals surface area contributed by atoms with Crippen molar-refractivity contribution in [2.75, 3.05) is 0 Å². The van der Waals surface area contributed by atoms with Crippen LogP contribution in [-0.4, -0.2) is 9.55 Å². The third-order valence-electron chi connectivity index (χ3n) is 3.19. The fraction of sp³-hybridized carbons (Fsp3) is 0.417. The Morgan fingerprint density at radius 3 is 3.06 bits per heavy atom. The highest BCUT2D eigenvalue weighted by molar-refractivity contribution is 9.10. The van der Waals surface area contributed by atoms with Crippen LogP contribution in [0.5, 0.6) is 0 Å². The summed E-state index contributed by atoms with van der Waals surface area (Å²) in [6.45, 7) is 3.21. The molecule has 1 aliphatic rings. The molecule has 0 radical (unpaired) electrons. The van der Waals surface area contributed by atoms with E-state index >= 15 is 0 Å². The number of fused-ring (bicyclic) bond motifs is 1. The zero-order chi connectivity index (χ0) is 12.0. The first kappa shape index (κ1) is 11.4. The molecular formula is C12H12BrClN2O. The van der Waals surface area contributed by atoms with Crippen LogP contribution in [0.4, 0.5) is 0 Å². The molecule has 0 aliphatic carbocycles. The molecule has 0 bridgehead atoms. The van der Waals surface area contributed by atoms with Crippen LogP contribution in [0, 0.1) is 5.92 Å².